The van der Waals surface area contributed by atoms with Gasteiger partial charge in [0, 0.05) is 24.1 Å². The molecule has 0 atom stereocenters. The molecule has 29 heavy (non-hydrogen) atoms. The first kappa shape index (κ1) is 20.0. The highest BCUT2D eigenvalue weighted by Gasteiger charge is 2.14. The molecule has 0 aliphatic heterocycles. The minimum absolute atomic E-state index is 0.0853. The third-order valence-electron chi connectivity index (χ3n) is 3.99. The average Bonchev–Trinajstić information content (AvgIpc) is 2.71. The SMILES string of the molecule is CCCNC(=O)c1cc2ccc(OC(=O)/C=C/c3ccc(F)cc3)cc2oc1=O. The maximum atomic E-state index is 12.9. The van der Waals surface area contributed by atoms with E-state index in [-0.39, 0.29) is 22.7 Å². The van der Waals surface area contributed by atoms with Gasteiger partial charge in [-0.1, -0.05) is 19.1 Å². The fraction of sp³-hybridized carbons (Fsp3) is 0.136. The Morgan fingerprint density at radius 1 is 1.14 bits per heavy atom. The van der Waals surface area contributed by atoms with E-state index in [0.717, 1.165) is 6.42 Å². The monoisotopic (exact) mass is 395 g/mol. The minimum atomic E-state index is -0.772. The first-order chi connectivity index (χ1) is 14.0. The number of ether oxygens (including phenoxy) is 1. The standard InChI is InChI=1S/C22H18FNO5/c1-2-11-24-21(26)18-12-15-6-9-17(13-19(15)29-22(18)27)28-20(25)10-5-14-3-7-16(23)8-4-14/h3-10,12-13H,2,11H2,1H3,(H,24,26)/b10-5+. The summed E-state index contributed by atoms with van der Waals surface area (Å²) >= 11 is 0. The van der Waals surface area contributed by atoms with E-state index in [1.807, 2.05) is 6.92 Å². The van der Waals surface area contributed by atoms with Crippen molar-refractivity contribution in [1.29, 1.82) is 0 Å². The van der Waals surface area contributed by atoms with Crippen LogP contribution in [0.3, 0.4) is 0 Å². The highest BCUT2D eigenvalue weighted by molar-refractivity contribution is 5.97. The number of amides is 1. The van der Waals surface area contributed by atoms with Gasteiger partial charge in [0.2, 0.25) is 0 Å². The van der Waals surface area contributed by atoms with Gasteiger partial charge in [0.05, 0.1) is 0 Å². The number of carbonyl (C=O) groups is 2. The fourth-order valence-corrected chi connectivity index (χ4v) is 2.54. The Morgan fingerprint density at radius 3 is 2.62 bits per heavy atom. The third kappa shape index (κ3) is 5.16. The van der Waals surface area contributed by atoms with Gasteiger partial charge in [-0.3, -0.25) is 4.79 Å². The van der Waals surface area contributed by atoms with Crippen LogP contribution in [0.25, 0.3) is 17.0 Å². The Hall–Kier alpha value is -3.74. The summed E-state index contributed by atoms with van der Waals surface area (Å²) in [7, 11) is 0. The summed E-state index contributed by atoms with van der Waals surface area (Å²) in [5, 5.41) is 3.15. The summed E-state index contributed by atoms with van der Waals surface area (Å²) in [4.78, 5) is 36.1. The summed E-state index contributed by atoms with van der Waals surface area (Å²) in [5.41, 5.74) is -0.0275. The first-order valence-electron chi connectivity index (χ1n) is 8.98. The molecule has 2 aromatic carbocycles. The van der Waals surface area contributed by atoms with Crippen LogP contribution in [-0.4, -0.2) is 18.4 Å². The maximum Gasteiger partial charge on any atom is 0.349 e. The van der Waals surface area contributed by atoms with Crippen molar-refractivity contribution >= 4 is 28.9 Å². The second kappa shape index (κ2) is 8.97. The Labute approximate surface area is 165 Å². The van der Waals surface area contributed by atoms with Crippen molar-refractivity contribution in [3.8, 4) is 5.75 Å². The molecule has 0 unspecified atom stereocenters. The zero-order valence-electron chi connectivity index (χ0n) is 15.6. The molecule has 0 radical (unpaired) electrons. The number of fused-ring (bicyclic) bond motifs is 1. The number of hydrogen-bond acceptors (Lipinski definition) is 5. The summed E-state index contributed by atoms with van der Waals surface area (Å²) in [6.45, 7) is 2.36. The lowest BCUT2D eigenvalue weighted by atomic mass is 10.1. The van der Waals surface area contributed by atoms with Crippen LogP contribution < -0.4 is 15.7 Å². The average molecular weight is 395 g/mol. The van der Waals surface area contributed by atoms with Crippen LogP contribution in [0.1, 0.15) is 29.3 Å². The molecule has 1 N–H and O–H groups in total. The van der Waals surface area contributed by atoms with Gasteiger partial charge in [-0.05, 0) is 48.4 Å². The Balaban J connectivity index is 1.75. The molecular formula is C22H18FNO5. The minimum Gasteiger partial charge on any atom is -0.423 e. The highest BCUT2D eigenvalue weighted by Crippen LogP contribution is 2.21. The van der Waals surface area contributed by atoms with Crippen molar-refractivity contribution in [2.45, 2.75) is 13.3 Å². The molecule has 1 amide bonds. The predicted octanol–water partition coefficient (Wildman–Crippen LogP) is 3.69. The molecule has 148 valence electrons. The number of benzene rings is 2. The molecule has 0 saturated carbocycles. The van der Waals surface area contributed by atoms with E-state index in [1.165, 1.54) is 54.6 Å². The summed E-state index contributed by atoms with van der Waals surface area (Å²) < 4.78 is 23.3. The Kier molecular flexibility index (Phi) is 6.19. The van der Waals surface area contributed by atoms with Crippen LogP contribution in [0, 0.1) is 5.82 Å². The second-order valence-electron chi connectivity index (χ2n) is 6.21. The van der Waals surface area contributed by atoms with Crippen molar-refractivity contribution in [3.63, 3.8) is 0 Å². The fourth-order valence-electron chi connectivity index (χ4n) is 2.54. The van der Waals surface area contributed by atoms with E-state index >= 15 is 0 Å². The molecular weight excluding hydrogens is 377 g/mol. The molecule has 0 bridgehead atoms. The van der Waals surface area contributed by atoms with Crippen LogP contribution in [-0.2, 0) is 4.79 Å². The zero-order chi connectivity index (χ0) is 20.8. The van der Waals surface area contributed by atoms with E-state index in [1.54, 1.807) is 6.07 Å². The lowest BCUT2D eigenvalue weighted by molar-refractivity contribution is -0.128. The summed E-state index contributed by atoms with van der Waals surface area (Å²) in [5.74, 6) is -1.33. The molecule has 1 aromatic heterocycles. The molecule has 6 nitrogen and oxygen atoms in total. The summed E-state index contributed by atoms with van der Waals surface area (Å²) in [6, 6.07) is 11.6. The Morgan fingerprint density at radius 2 is 1.90 bits per heavy atom. The van der Waals surface area contributed by atoms with Crippen LogP contribution in [0.4, 0.5) is 4.39 Å². The normalized spacial score (nSPS) is 11.0. The summed E-state index contributed by atoms with van der Waals surface area (Å²) in [6.07, 6.45) is 3.44. The highest BCUT2D eigenvalue weighted by atomic mass is 19.1. The van der Waals surface area contributed by atoms with Gasteiger partial charge in [-0.25, -0.2) is 14.0 Å². The lowest BCUT2D eigenvalue weighted by Gasteiger charge is -2.05. The van der Waals surface area contributed by atoms with Crippen LogP contribution in [0.2, 0.25) is 0 Å². The van der Waals surface area contributed by atoms with E-state index in [2.05, 4.69) is 5.32 Å². The van der Waals surface area contributed by atoms with Crippen molar-refractivity contribution in [1.82, 2.24) is 5.32 Å². The van der Waals surface area contributed by atoms with Gasteiger partial charge in [0.25, 0.3) is 5.91 Å². The molecule has 0 saturated heterocycles. The first-order valence-corrected chi connectivity index (χ1v) is 8.98. The van der Waals surface area contributed by atoms with Gasteiger partial charge in [-0.2, -0.15) is 0 Å². The maximum absolute atomic E-state index is 12.9. The van der Waals surface area contributed by atoms with Crippen molar-refractivity contribution < 1.29 is 23.1 Å². The second-order valence-corrected chi connectivity index (χ2v) is 6.21. The molecule has 1 heterocycles. The number of hydrogen-bond donors (Lipinski definition) is 1. The molecule has 0 aliphatic rings. The smallest absolute Gasteiger partial charge is 0.349 e. The van der Waals surface area contributed by atoms with E-state index in [9.17, 15) is 18.8 Å². The van der Waals surface area contributed by atoms with Crippen molar-refractivity contribution in [3.05, 3.63) is 82.0 Å². The molecule has 0 spiro atoms. The van der Waals surface area contributed by atoms with Gasteiger partial charge >= 0.3 is 11.6 Å². The van der Waals surface area contributed by atoms with Gasteiger partial charge < -0.3 is 14.5 Å². The lowest BCUT2D eigenvalue weighted by Crippen LogP contribution is -2.28. The Bertz CT molecular complexity index is 1130. The molecule has 0 fully saturated rings. The molecule has 0 aliphatic carbocycles. The quantitative estimate of drug-likeness (QED) is 0.298. The molecule has 3 aromatic rings. The number of carbonyl (C=O) groups excluding carboxylic acids is 2. The van der Waals surface area contributed by atoms with E-state index < -0.39 is 17.5 Å². The largest absolute Gasteiger partial charge is 0.423 e. The number of halogens is 1. The zero-order valence-corrected chi connectivity index (χ0v) is 15.6. The predicted molar refractivity (Wildman–Crippen MR) is 106 cm³/mol. The van der Waals surface area contributed by atoms with E-state index in [4.69, 9.17) is 9.15 Å². The topological polar surface area (TPSA) is 85.6 Å². The number of esters is 1. The number of rotatable bonds is 6. The third-order valence-corrected chi connectivity index (χ3v) is 3.99. The van der Waals surface area contributed by atoms with Crippen LogP contribution in [0.15, 0.2) is 63.8 Å². The van der Waals surface area contributed by atoms with Crippen molar-refractivity contribution in [2.24, 2.45) is 0 Å². The van der Waals surface area contributed by atoms with E-state index in [0.29, 0.717) is 17.5 Å². The van der Waals surface area contributed by atoms with Gasteiger partial charge in [-0.15, -0.1) is 0 Å². The number of nitrogens with one attached hydrogen (secondary N) is 1. The van der Waals surface area contributed by atoms with Crippen molar-refractivity contribution in [2.75, 3.05) is 6.54 Å². The van der Waals surface area contributed by atoms with Gasteiger partial charge in [0.1, 0.15) is 22.7 Å². The van der Waals surface area contributed by atoms with Gasteiger partial charge in [0.15, 0.2) is 0 Å². The van der Waals surface area contributed by atoms with Crippen LogP contribution in [0.5, 0.6) is 5.75 Å². The molecule has 3 rings (SSSR count). The van der Waals surface area contributed by atoms with Crippen LogP contribution >= 0.6 is 0 Å². The molecule has 7 heteroatoms.